The normalized spacial score (nSPS) is 23.9. The minimum atomic E-state index is -0.511. The maximum absolute atomic E-state index is 13.0. The Morgan fingerprint density at radius 1 is 1.20 bits per heavy atom. The van der Waals surface area contributed by atoms with Crippen LogP contribution < -0.4 is 0 Å². The summed E-state index contributed by atoms with van der Waals surface area (Å²) in [7, 11) is 3.71. The summed E-state index contributed by atoms with van der Waals surface area (Å²) >= 11 is 0. The van der Waals surface area contributed by atoms with Gasteiger partial charge in [0.2, 0.25) is 5.91 Å². The van der Waals surface area contributed by atoms with Gasteiger partial charge >= 0.3 is 0 Å². The first-order valence-corrected chi connectivity index (χ1v) is 7.35. The van der Waals surface area contributed by atoms with Gasteiger partial charge in [0.15, 0.2) is 0 Å². The van der Waals surface area contributed by atoms with Gasteiger partial charge in [-0.05, 0) is 39.2 Å². The molecule has 1 heterocycles. The van der Waals surface area contributed by atoms with Crippen LogP contribution in [0.1, 0.15) is 39.2 Å². The molecule has 1 aliphatic heterocycles. The average molecular weight is 274 g/mol. The maximum Gasteiger partial charge on any atom is 0.247 e. The van der Waals surface area contributed by atoms with Gasteiger partial charge in [-0.2, -0.15) is 0 Å². The summed E-state index contributed by atoms with van der Waals surface area (Å²) in [5, 5.41) is 0. The highest BCUT2D eigenvalue weighted by Gasteiger charge is 2.52. The number of nitrogens with zero attached hydrogens (tertiary/aromatic N) is 2. The summed E-state index contributed by atoms with van der Waals surface area (Å²) in [6.07, 6.45) is 1.96. The molecule has 1 aromatic carbocycles. The minimum Gasteiger partial charge on any atom is -0.347 e. The fourth-order valence-electron chi connectivity index (χ4n) is 3.46. The van der Waals surface area contributed by atoms with Crippen molar-refractivity contribution in [2.45, 2.75) is 44.7 Å². The second kappa shape index (κ2) is 5.21. The summed E-state index contributed by atoms with van der Waals surface area (Å²) in [6.45, 7) is 7.55. The molecule has 0 spiro atoms. The van der Waals surface area contributed by atoms with Gasteiger partial charge in [0.25, 0.3) is 0 Å². The average Bonchev–Trinajstić information content (AvgIpc) is 2.84. The first-order chi connectivity index (χ1) is 9.30. The maximum atomic E-state index is 13.0. The molecule has 0 bridgehead atoms. The molecule has 20 heavy (non-hydrogen) atoms. The molecule has 0 N–H and O–H groups in total. The van der Waals surface area contributed by atoms with E-state index in [4.69, 9.17) is 0 Å². The molecule has 0 saturated carbocycles. The van der Waals surface area contributed by atoms with Gasteiger partial charge in [0.05, 0.1) is 0 Å². The molecule has 0 radical (unpaired) electrons. The van der Waals surface area contributed by atoms with Crippen molar-refractivity contribution in [1.29, 1.82) is 0 Å². The van der Waals surface area contributed by atoms with E-state index in [-0.39, 0.29) is 11.4 Å². The Morgan fingerprint density at radius 2 is 1.80 bits per heavy atom. The Balaban J connectivity index is 2.59. The number of amides is 1. The highest BCUT2D eigenvalue weighted by atomic mass is 16.2. The van der Waals surface area contributed by atoms with Crippen LogP contribution in [0.4, 0.5) is 0 Å². The van der Waals surface area contributed by atoms with E-state index in [1.165, 1.54) is 0 Å². The van der Waals surface area contributed by atoms with Crippen LogP contribution in [0, 0.1) is 0 Å². The quantitative estimate of drug-likeness (QED) is 0.828. The number of likely N-dealkylation sites (tertiary alicyclic amines) is 1. The van der Waals surface area contributed by atoms with E-state index >= 15 is 0 Å². The first kappa shape index (κ1) is 15.0. The number of likely N-dealkylation sites (N-methyl/N-ethyl adjacent to an activating group) is 1. The molecule has 1 aromatic rings. The lowest BCUT2D eigenvalue weighted by molar-refractivity contribution is -0.144. The molecule has 3 heteroatoms. The van der Waals surface area contributed by atoms with Crippen LogP contribution in [0.15, 0.2) is 30.3 Å². The van der Waals surface area contributed by atoms with E-state index in [0.717, 1.165) is 24.9 Å². The smallest absolute Gasteiger partial charge is 0.247 e. The van der Waals surface area contributed by atoms with Crippen LogP contribution in [0.5, 0.6) is 0 Å². The number of hydrogen-bond donors (Lipinski definition) is 0. The van der Waals surface area contributed by atoms with E-state index in [2.05, 4.69) is 37.8 Å². The van der Waals surface area contributed by atoms with Gasteiger partial charge < -0.3 is 4.90 Å². The standard InChI is InChI=1S/C17H26N2O/c1-16(2,3)19-13-9-12-17(19,15(20)18(4)5)14-10-7-6-8-11-14/h6-8,10-11H,9,12-13H2,1-5H3. The monoisotopic (exact) mass is 274 g/mol. The van der Waals surface area contributed by atoms with Crippen molar-refractivity contribution in [1.82, 2.24) is 9.80 Å². The molecule has 0 aromatic heterocycles. The zero-order chi connectivity index (χ0) is 15.0. The number of benzene rings is 1. The van der Waals surface area contributed by atoms with Crippen LogP contribution in [0.25, 0.3) is 0 Å². The zero-order valence-corrected chi connectivity index (χ0v) is 13.3. The predicted molar refractivity (Wildman–Crippen MR) is 82.5 cm³/mol. The number of carbonyl (C=O) groups excluding carboxylic acids is 1. The third-order valence-electron chi connectivity index (χ3n) is 4.20. The first-order valence-electron chi connectivity index (χ1n) is 7.35. The Hall–Kier alpha value is -1.35. The van der Waals surface area contributed by atoms with E-state index in [0.29, 0.717) is 0 Å². The fraction of sp³-hybridized carbons (Fsp3) is 0.588. The molecular formula is C17H26N2O. The lowest BCUT2D eigenvalue weighted by Crippen LogP contribution is -2.58. The Morgan fingerprint density at radius 3 is 2.30 bits per heavy atom. The molecule has 1 amide bonds. The van der Waals surface area contributed by atoms with Gasteiger partial charge in [-0.15, -0.1) is 0 Å². The van der Waals surface area contributed by atoms with Crippen molar-refractivity contribution >= 4 is 5.91 Å². The molecule has 110 valence electrons. The lowest BCUT2D eigenvalue weighted by Gasteiger charge is -2.46. The number of rotatable bonds is 2. The summed E-state index contributed by atoms with van der Waals surface area (Å²) in [5.41, 5.74) is 0.576. The second-order valence-corrected chi connectivity index (χ2v) is 6.85. The van der Waals surface area contributed by atoms with Crippen molar-refractivity contribution in [3.05, 3.63) is 35.9 Å². The Kier molecular flexibility index (Phi) is 3.92. The fourth-order valence-corrected chi connectivity index (χ4v) is 3.46. The van der Waals surface area contributed by atoms with Crippen molar-refractivity contribution < 1.29 is 4.79 Å². The van der Waals surface area contributed by atoms with Crippen LogP contribution >= 0.6 is 0 Å². The Labute approximate surface area is 122 Å². The molecule has 1 unspecified atom stereocenters. The summed E-state index contributed by atoms with van der Waals surface area (Å²) in [5.74, 6) is 0.191. The van der Waals surface area contributed by atoms with Gasteiger partial charge in [-0.3, -0.25) is 9.69 Å². The van der Waals surface area contributed by atoms with Crippen LogP contribution in [0.2, 0.25) is 0 Å². The van der Waals surface area contributed by atoms with Gasteiger partial charge in [-0.1, -0.05) is 30.3 Å². The van der Waals surface area contributed by atoms with E-state index in [1.54, 1.807) is 4.90 Å². The van der Waals surface area contributed by atoms with Crippen molar-refractivity contribution in [3.63, 3.8) is 0 Å². The highest BCUT2D eigenvalue weighted by Crippen LogP contribution is 2.44. The summed E-state index contributed by atoms with van der Waals surface area (Å²) in [6, 6.07) is 10.2. The lowest BCUT2D eigenvalue weighted by atomic mass is 9.83. The van der Waals surface area contributed by atoms with Crippen molar-refractivity contribution in [2.75, 3.05) is 20.6 Å². The molecule has 1 fully saturated rings. The van der Waals surface area contributed by atoms with Gasteiger partial charge in [-0.25, -0.2) is 0 Å². The van der Waals surface area contributed by atoms with Crippen LogP contribution in [0.3, 0.4) is 0 Å². The molecular weight excluding hydrogens is 248 g/mol. The molecule has 1 aliphatic rings. The van der Waals surface area contributed by atoms with E-state index in [9.17, 15) is 4.79 Å². The number of hydrogen-bond acceptors (Lipinski definition) is 2. The number of carbonyl (C=O) groups is 1. The van der Waals surface area contributed by atoms with Gasteiger partial charge in [0.1, 0.15) is 5.54 Å². The predicted octanol–water partition coefficient (Wildman–Crippen LogP) is 2.86. The second-order valence-electron chi connectivity index (χ2n) is 6.85. The molecule has 3 nitrogen and oxygen atoms in total. The van der Waals surface area contributed by atoms with Crippen LogP contribution in [-0.2, 0) is 10.3 Å². The summed E-state index contributed by atoms with van der Waals surface area (Å²) < 4.78 is 0. The Bertz CT molecular complexity index is 476. The third kappa shape index (κ3) is 2.35. The largest absolute Gasteiger partial charge is 0.347 e. The third-order valence-corrected chi connectivity index (χ3v) is 4.20. The topological polar surface area (TPSA) is 23.6 Å². The van der Waals surface area contributed by atoms with E-state index in [1.807, 2.05) is 32.3 Å². The molecule has 2 rings (SSSR count). The van der Waals surface area contributed by atoms with Crippen LogP contribution in [-0.4, -0.2) is 41.9 Å². The molecule has 1 atom stereocenters. The summed E-state index contributed by atoms with van der Waals surface area (Å²) in [4.78, 5) is 17.1. The highest BCUT2D eigenvalue weighted by molar-refractivity contribution is 5.88. The van der Waals surface area contributed by atoms with E-state index < -0.39 is 5.54 Å². The van der Waals surface area contributed by atoms with Crippen molar-refractivity contribution in [2.24, 2.45) is 0 Å². The minimum absolute atomic E-state index is 0.0298. The van der Waals surface area contributed by atoms with Gasteiger partial charge in [0, 0.05) is 26.2 Å². The SMILES string of the molecule is CN(C)C(=O)C1(c2ccccc2)CCCN1C(C)(C)C. The molecule has 1 saturated heterocycles. The molecule has 0 aliphatic carbocycles. The van der Waals surface area contributed by atoms with Crippen molar-refractivity contribution in [3.8, 4) is 0 Å². The zero-order valence-electron chi connectivity index (χ0n) is 13.3.